The largest absolute Gasteiger partial charge is 0.339 e. The van der Waals surface area contributed by atoms with E-state index in [2.05, 4.69) is 27.3 Å². The van der Waals surface area contributed by atoms with Crippen molar-refractivity contribution in [3.63, 3.8) is 0 Å². The lowest BCUT2D eigenvalue weighted by molar-refractivity contribution is -0.144. The molecule has 0 radical (unpaired) electrons. The maximum atomic E-state index is 14.3. The molecule has 5 rings (SSSR count). The van der Waals surface area contributed by atoms with Gasteiger partial charge in [0.1, 0.15) is 17.6 Å². The predicted octanol–water partition coefficient (Wildman–Crippen LogP) is 2.75. The lowest BCUT2D eigenvalue weighted by Crippen LogP contribution is -2.63. The molecule has 4 N–H and O–H groups in total. The van der Waals surface area contributed by atoms with Crippen LogP contribution in [0.25, 0.3) is 0 Å². The molecule has 48 heavy (non-hydrogen) atoms. The molecule has 0 aromatic heterocycles. The number of hydrogen-bond acceptors (Lipinski definition) is 7. The van der Waals surface area contributed by atoms with E-state index in [1.807, 2.05) is 48.5 Å². The average Bonchev–Trinajstić information content (AvgIpc) is 3.96. The second-order valence-electron chi connectivity index (χ2n) is 16.0. The predicted molar refractivity (Wildman–Crippen MR) is 178 cm³/mol. The van der Waals surface area contributed by atoms with Crippen molar-refractivity contribution in [2.75, 3.05) is 6.54 Å². The number of urea groups is 1. The van der Waals surface area contributed by atoms with Crippen LogP contribution in [0.1, 0.15) is 67.7 Å². The van der Waals surface area contributed by atoms with Crippen molar-refractivity contribution in [3.8, 4) is 0 Å². The first-order valence-electron chi connectivity index (χ1n) is 16.7. The van der Waals surface area contributed by atoms with Gasteiger partial charge in [0.05, 0.1) is 10.9 Å². The van der Waals surface area contributed by atoms with E-state index < -0.39 is 68.8 Å². The molecule has 0 bridgehead atoms. The quantitative estimate of drug-likeness (QED) is 0.246. The van der Waals surface area contributed by atoms with E-state index in [0.717, 1.165) is 12.8 Å². The molecule has 4 fully saturated rings. The molecule has 4 aliphatic rings. The maximum Gasteiger partial charge on any atom is 0.316 e. The summed E-state index contributed by atoms with van der Waals surface area (Å²) in [5.41, 5.74) is -2.56. The molecule has 6 unspecified atom stereocenters. The number of likely N-dealkylation sites (tertiary alicyclic amines) is 1. The molecule has 7 atom stereocenters. The first-order chi connectivity index (χ1) is 22.3. The molecule has 3 saturated carbocycles. The van der Waals surface area contributed by atoms with Crippen LogP contribution in [0.2, 0.25) is 0 Å². The van der Waals surface area contributed by atoms with Gasteiger partial charge in [-0.15, -0.1) is 6.58 Å². The first-order valence-corrected chi connectivity index (χ1v) is 18.2. The highest BCUT2D eigenvalue weighted by Crippen LogP contribution is 2.65. The summed E-state index contributed by atoms with van der Waals surface area (Å²) in [6.45, 7) is 17.3. The Morgan fingerprint density at radius 3 is 2.17 bits per heavy atom. The monoisotopic (exact) mass is 683 g/mol. The minimum Gasteiger partial charge on any atom is -0.339 e. The third-order valence-corrected chi connectivity index (χ3v) is 12.1. The number of ketones is 1. The van der Waals surface area contributed by atoms with E-state index >= 15 is 0 Å². The van der Waals surface area contributed by atoms with Crippen molar-refractivity contribution in [2.24, 2.45) is 40.4 Å². The number of fused-ring (bicyclic) bond motifs is 1. The maximum absolute atomic E-state index is 14.3. The third kappa shape index (κ3) is 6.62. The van der Waals surface area contributed by atoms with E-state index in [9.17, 15) is 32.4 Å². The van der Waals surface area contributed by atoms with Gasteiger partial charge in [-0.1, -0.05) is 72.7 Å². The first kappa shape index (κ1) is 35.6. The lowest BCUT2D eigenvalue weighted by atomic mass is 9.85. The molecule has 3 aliphatic carbocycles. The van der Waals surface area contributed by atoms with Crippen LogP contribution in [-0.4, -0.2) is 73.1 Å². The number of carbonyl (C=O) groups is 5. The SMILES string of the molecule is C=CC1C[C@]1(NC(=O)C1C2C(CN1C(=O)C(NC(=O)NC(C(=O)C1CC1)C(C)C)C(C)(C)C)C2(C)C)C(=O)NS(=O)(=O)c1ccccc1. The molecule has 1 aromatic rings. The zero-order valence-electron chi connectivity index (χ0n) is 28.8. The van der Waals surface area contributed by atoms with Gasteiger partial charge in [0.15, 0.2) is 5.78 Å². The highest BCUT2D eigenvalue weighted by molar-refractivity contribution is 7.90. The summed E-state index contributed by atoms with van der Waals surface area (Å²) in [7, 11) is -4.21. The van der Waals surface area contributed by atoms with Crippen molar-refractivity contribution in [3.05, 3.63) is 43.0 Å². The summed E-state index contributed by atoms with van der Waals surface area (Å²) in [5, 5.41) is 8.43. The average molecular weight is 684 g/mol. The van der Waals surface area contributed by atoms with Crippen LogP contribution >= 0.6 is 0 Å². The van der Waals surface area contributed by atoms with Crippen molar-refractivity contribution in [1.29, 1.82) is 0 Å². The number of sulfonamides is 1. The third-order valence-electron chi connectivity index (χ3n) is 10.7. The Balaban J connectivity index is 1.35. The number of carbonyl (C=O) groups excluding carboxylic acids is 5. The van der Waals surface area contributed by atoms with Gasteiger partial charge in [0.25, 0.3) is 15.9 Å². The second kappa shape index (κ2) is 12.3. The van der Waals surface area contributed by atoms with Crippen LogP contribution in [0.5, 0.6) is 0 Å². The van der Waals surface area contributed by atoms with Crippen LogP contribution < -0.4 is 20.7 Å². The fourth-order valence-corrected chi connectivity index (χ4v) is 8.39. The Bertz CT molecular complexity index is 1610. The minimum atomic E-state index is -4.21. The van der Waals surface area contributed by atoms with Crippen molar-refractivity contribution in [1.82, 2.24) is 25.6 Å². The zero-order valence-corrected chi connectivity index (χ0v) is 29.6. The Labute approximate surface area is 283 Å². The highest BCUT2D eigenvalue weighted by atomic mass is 32.2. The van der Waals surface area contributed by atoms with Gasteiger partial charge >= 0.3 is 6.03 Å². The molecule has 12 nitrogen and oxygen atoms in total. The van der Waals surface area contributed by atoms with E-state index in [0.29, 0.717) is 0 Å². The Hall–Kier alpha value is -3.74. The van der Waals surface area contributed by atoms with Gasteiger partial charge in [-0.05, 0) is 60.0 Å². The summed E-state index contributed by atoms with van der Waals surface area (Å²) in [5.74, 6) is -2.78. The second-order valence-corrected chi connectivity index (χ2v) is 17.6. The number of nitrogens with one attached hydrogen (secondary N) is 4. The van der Waals surface area contributed by atoms with Gasteiger partial charge in [-0.25, -0.2) is 17.9 Å². The molecular formula is C35H49N5O7S. The summed E-state index contributed by atoms with van der Waals surface area (Å²) < 4.78 is 28.1. The number of Topliss-reactive ketones (excluding diaryl/α,β-unsaturated/α-hetero) is 1. The van der Waals surface area contributed by atoms with Crippen LogP contribution in [0.4, 0.5) is 4.79 Å². The molecular weight excluding hydrogens is 634 g/mol. The summed E-state index contributed by atoms with van der Waals surface area (Å²) in [6.07, 6.45) is 3.28. The van der Waals surface area contributed by atoms with E-state index in [1.165, 1.54) is 23.1 Å². The summed E-state index contributed by atoms with van der Waals surface area (Å²) >= 11 is 0. The molecule has 1 aliphatic heterocycles. The number of amides is 5. The number of benzene rings is 1. The van der Waals surface area contributed by atoms with Crippen LogP contribution in [0, 0.1) is 40.4 Å². The Morgan fingerprint density at radius 2 is 1.65 bits per heavy atom. The molecule has 1 aromatic carbocycles. The zero-order chi connectivity index (χ0) is 35.6. The molecule has 0 spiro atoms. The van der Waals surface area contributed by atoms with Gasteiger partial charge in [-0.3, -0.25) is 19.2 Å². The highest BCUT2D eigenvalue weighted by Gasteiger charge is 2.71. The molecule has 13 heteroatoms. The topological polar surface area (TPSA) is 171 Å². The van der Waals surface area contributed by atoms with Crippen LogP contribution in [0.3, 0.4) is 0 Å². The number of rotatable bonds is 12. The molecule has 1 heterocycles. The van der Waals surface area contributed by atoms with Crippen molar-refractivity contribution < 1.29 is 32.4 Å². The van der Waals surface area contributed by atoms with E-state index in [-0.39, 0.29) is 52.7 Å². The smallest absolute Gasteiger partial charge is 0.316 e. The fourth-order valence-electron chi connectivity index (χ4n) is 7.33. The molecule has 262 valence electrons. The van der Waals surface area contributed by atoms with Crippen molar-refractivity contribution >= 4 is 39.6 Å². The van der Waals surface area contributed by atoms with Gasteiger partial charge in [0, 0.05) is 18.4 Å². The summed E-state index contributed by atoms with van der Waals surface area (Å²) in [4.78, 5) is 69.6. The lowest BCUT2D eigenvalue weighted by Gasteiger charge is -2.38. The normalized spacial score (nSPS) is 28.4. The van der Waals surface area contributed by atoms with Gasteiger partial charge < -0.3 is 20.9 Å². The number of hydrogen-bond donors (Lipinski definition) is 4. The summed E-state index contributed by atoms with van der Waals surface area (Å²) in [6, 6.07) is 4.16. The van der Waals surface area contributed by atoms with Crippen LogP contribution in [0.15, 0.2) is 47.9 Å². The fraction of sp³-hybridized carbons (Fsp3) is 0.629. The van der Waals surface area contributed by atoms with Gasteiger partial charge in [0.2, 0.25) is 11.8 Å². The Morgan fingerprint density at radius 1 is 1.02 bits per heavy atom. The van der Waals surface area contributed by atoms with E-state index in [1.54, 1.807) is 18.2 Å². The van der Waals surface area contributed by atoms with E-state index in [4.69, 9.17) is 0 Å². The van der Waals surface area contributed by atoms with Crippen molar-refractivity contribution in [2.45, 2.75) is 96.3 Å². The standard InChI is InChI=1S/C35H49N5O7S/c1-9-21-17-35(21,31(44)39-48(46,47)22-13-11-10-12-14-22)38-29(42)26-24-23(34(24,7)8)18-40(26)30(43)28(33(4,5)6)37-32(45)36-25(19(2)3)27(41)20-15-16-20/h9-14,19-21,23-26,28H,1,15-18H2,2-8H3,(H,38,42)(H,39,44)(H2,36,37,45)/t21?,23?,24?,25?,26?,28?,35-/m1/s1. The van der Waals surface area contributed by atoms with Crippen LogP contribution in [-0.2, 0) is 29.2 Å². The van der Waals surface area contributed by atoms with Gasteiger partial charge in [-0.2, -0.15) is 0 Å². The Kier molecular flexibility index (Phi) is 9.11. The number of nitrogens with zero attached hydrogens (tertiary/aromatic N) is 1. The molecule has 5 amide bonds. The molecule has 1 saturated heterocycles. The number of piperidine rings is 1. The minimum absolute atomic E-state index is 0.00942.